The fourth-order valence-corrected chi connectivity index (χ4v) is 1.50. The molecule has 1 aliphatic carbocycles. The van der Waals surface area contributed by atoms with E-state index in [2.05, 4.69) is 16.9 Å². The van der Waals surface area contributed by atoms with Gasteiger partial charge in [0.15, 0.2) is 0 Å². The molecule has 1 unspecified atom stereocenters. The third-order valence-electron chi connectivity index (χ3n) is 2.61. The van der Waals surface area contributed by atoms with E-state index in [4.69, 9.17) is 5.73 Å². The first kappa shape index (κ1) is 7.68. The Balaban J connectivity index is 2.28. The van der Waals surface area contributed by atoms with Gasteiger partial charge in [0.1, 0.15) is 6.33 Å². The molecule has 1 aromatic heterocycles. The van der Waals surface area contributed by atoms with Gasteiger partial charge >= 0.3 is 0 Å². The van der Waals surface area contributed by atoms with Gasteiger partial charge in [-0.25, -0.2) is 9.97 Å². The quantitative estimate of drug-likeness (QED) is 0.709. The molecule has 0 bridgehead atoms. The van der Waals surface area contributed by atoms with Gasteiger partial charge in [-0.2, -0.15) is 0 Å². The van der Waals surface area contributed by atoms with E-state index in [0.29, 0.717) is 5.92 Å². The van der Waals surface area contributed by atoms with Crippen LogP contribution in [-0.2, 0) is 5.54 Å². The van der Waals surface area contributed by atoms with Gasteiger partial charge in [0.05, 0.1) is 0 Å². The molecular weight excluding hydrogens is 150 g/mol. The zero-order valence-electron chi connectivity index (χ0n) is 7.20. The summed E-state index contributed by atoms with van der Waals surface area (Å²) >= 11 is 0. The molecule has 0 radical (unpaired) electrons. The maximum absolute atomic E-state index is 6.16. The Morgan fingerprint density at radius 1 is 1.42 bits per heavy atom. The van der Waals surface area contributed by atoms with Crippen LogP contribution in [0.5, 0.6) is 0 Å². The van der Waals surface area contributed by atoms with E-state index in [0.717, 1.165) is 5.56 Å². The summed E-state index contributed by atoms with van der Waals surface area (Å²) in [6.07, 6.45) is 7.63. The van der Waals surface area contributed by atoms with Crippen LogP contribution in [0.1, 0.15) is 25.3 Å². The van der Waals surface area contributed by atoms with Crippen molar-refractivity contribution in [3.05, 3.63) is 24.3 Å². The summed E-state index contributed by atoms with van der Waals surface area (Å²) < 4.78 is 0. The van der Waals surface area contributed by atoms with Crippen LogP contribution in [0.4, 0.5) is 0 Å². The zero-order valence-corrected chi connectivity index (χ0v) is 7.20. The number of rotatable bonds is 2. The van der Waals surface area contributed by atoms with Crippen LogP contribution < -0.4 is 5.73 Å². The van der Waals surface area contributed by atoms with Crippen molar-refractivity contribution in [2.24, 2.45) is 11.7 Å². The highest BCUT2D eigenvalue weighted by molar-refractivity contribution is 5.19. The van der Waals surface area contributed by atoms with Crippen LogP contribution in [0.2, 0.25) is 0 Å². The molecule has 2 N–H and O–H groups in total. The topological polar surface area (TPSA) is 51.8 Å². The summed E-state index contributed by atoms with van der Waals surface area (Å²) in [4.78, 5) is 7.94. The van der Waals surface area contributed by atoms with Gasteiger partial charge in [-0.05, 0) is 25.7 Å². The predicted octanol–water partition coefficient (Wildman–Crippen LogP) is 1.06. The normalized spacial score (nSPS) is 21.8. The first-order valence-corrected chi connectivity index (χ1v) is 4.25. The third-order valence-corrected chi connectivity index (χ3v) is 2.61. The van der Waals surface area contributed by atoms with Crippen molar-refractivity contribution in [2.75, 3.05) is 0 Å². The number of aromatic nitrogens is 2. The summed E-state index contributed by atoms with van der Waals surface area (Å²) in [5.41, 5.74) is 6.99. The van der Waals surface area contributed by atoms with Crippen molar-refractivity contribution in [3.8, 4) is 0 Å². The molecule has 12 heavy (non-hydrogen) atoms. The van der Waals surface area contributed by atoms with E-state index in [1.165, 1.54) is 19.2 Å². The number of nitrogens with two attached hydrogens (primary N) is 1. The van der Waals surface area contributed by atoms with Crippen molar-refractivity contribution in [3.63, 3.8) is 0 Å². The van der Waals surface area contributed by atoms with Crippen molar-refractivity contribution >= 4 is 0 Å². The number of hydrogen-bond acceptors (Lipinski definition) is 3. The summed E-state index contributed by atoms with van der Waals surface area (Å²) in [5, 5.41) is 0. The molecular formula is C9H13N3. The van der Waals surface area contributed by atoms with Gasteiger partial charge in [-0.3, -0.25) is 0 Å². The van der Waals surface area contributed by atoms with Crippen molar-refractivity contribution in [2.45, 2.75) is 25.3 Å². The van der Waals surface area contributed by atoms with E-state index in [-0.39, 0.29) is 5.54 Å². The highest BCUT2D eigenvalue weighted by Gasteiger charge is 2.39. The van der Waals surface area contributed by atoms with E-state index < -0.39 is 0 Å². The molecule has 3 heteroatoms. The number of nitrogens with zero attached hydrogens (tertiary/aromatic N) is 2. The second-order valence-electron chi connectivity index (χ2n) is 3.68. The van der Waals surface area contributed by atoms with Crippen LogP contribution in [0.15, 0.2) is 18.7 Å². The molecule has 1 fully saturated rings. The minimum absolute atomic E-state index is 0.221. The summed E-state index contributed by atoms with van der Waals surface area (Å²) in [6, 6.07) is 0. The lowest BCUT2D eigenvalue weighted by atomic mass is 9.90. The Bertz CT molecular complexity index is 264. The van der Waals surface area contributed by atoms with Gasteiger partial charge in [0.2, 0.25) is 0 Å². The summed E-state index contributed by atoms with van der Waals surface area (Å²) in [7, 11) is 0. The highest BCUT2D eigenvalue weighted by Crippen LogP contribution is 2.43. The molecule has 0 aromatic carbocycles. The molecule has 0 amide bonds. The molecule has 1 saturated carbocycles. The van der Waals surface area contributed by atoms with Crippen LogP contribution in [-0.4, -0.2) is 9.97 Å². The van der Waals surface area contributed by atoms with Crippen LogP contribution in [0, 0.1) is 5.92 Å². The van der Waals surface area contributed by atoms with Crippen LogP contribution in [0.3, 0.4) is 0 Å². The van der Waals surface area contributed by atoms with Gasteiger partial charge in [-0.15, -0.1) is 0 Å². The molecule has 1 aromatic rings. The Morgan fingerprint density at radius 2 is 2.00 bits per heavy atom. The van der Waals surface area contributed by atoms with Crippen molar-refractivity contribution in [1.82, 2.24) is 9.97 Å². The van der Waals surface area contributed by atoms with E-state index in [9.17, 15) is 0 Å². The van der Waals surface area contributed by atoms with Crippen LogP contribution >= 0.6 is 0 Å². The maximum atomic E-state index is 6.16. The SMILES string of the molecule is CC(N)(c1cncnc1)C1CC1. The van der Waals surface area contributed by atoms with E-state index in [1.807, 2.05) is 12.4 Å². The third kappa shape index (κ3) is 1.20. The molecule has 0 aliphatic heterocycles. The molecule has 1 atom stereocenters. The van der Waals surface area contributed by atoms with E-state index >= 15 is 0 Å². The van der Waals surface area contributed by atoms with Gasteiger partial charge in [0.25, 0.3) is 0 Å². The fraction of sp³-hybridized carbons (Fsp3) is 0.556. The van der Waals surface area contributed by atoms with Crippen molar-refractivity contribution in [1.29, 1.82) is 0 Å². The summed E-state index contributed by atoms with van der Waals surface area (Å²) in [5.74, 6) is 0.628. The average molecular weight is 163 g/mol. The maximum Gasteiger partial charge on any atom is 0.115 e. The Morgan fingerprint density at radius 3 is 2.50 bits per heavy atom. The molecule has 2 rings (SSSR count). The second kappa shape index (κ2) is 2.52. The van der Waals surface area contributed by atoms with Gasteiger partial charge in [-0.1, -0.05) is 0 Å². The standard InChI is InChI=1S/C9H13N3/c1-9(10,7-2-3-7)8-4-11-6-12-5-8/h4-7H,2-3,10H2,1H3. The molecule has 3 nitrogen and oxygen atoms in total. The minimum Gasteiger partial charge on any atom is -0.321 e. The van der Waals surface area contributed by atoms with Crippen molar-refractivity contribution < 1.29 is 0 Å². The molecule has 1 heterocycles. The smallest absolute Gasteiger partial charge is 0.115 e. The predicted molar refractivity (Wildman–Crippen MR) is 46.3 cm³/mol. The second-order valence-corrected chi connectivity index (χ2v) is 3.68. The van der Waals surface area contributed by atoms with Crippen LogP contribution in [0.25, 0.3) is 0 Å². The molecule has 64 valence electrons. The van der Waals surface area contributed by atoms with E-state index in [1.54, 1.807) is 0 Å². The van der Waals surface area contributed by atoms with Gasteiger partial charge in [0, 0.05) is 23.5 Å². The Labute approximate surface area is 72.0 Å². The summed E-state index contributed by atoms with van der Waals surface area (Å²) in [6.45, 7) is 2.06. The lowest BCUT2D eigenvalue weighted by molar-refractivity contribution is 0.424. The zero-order chi connectivity index (χ0) is 8.60. The molecule has 0 saturated heterocycles. The molecule has 0 spiro atoms. The Hall–Kier alpha value is -0.960. The largest absolute Gasteiger partial charge is 0.321 e. The molecule has 1 aliphatic rings. The highest BCUT2D eigenvalue weighted by atomic mass is 14.8. The van der Waals surface area contributed by atoms with Gasteiger partial charge < -0.3 is 5.73 Å². The number of hydrogen-bond donors (Lipinski definition) is 1. The monoisotopic (exact) mass is 163 g/mol. The Kier molecular flexibility index (Phi) is 1.61. The fourth-order valence-electron chi connectivity index (χ4n) is 1.50. The lowest BCUT2D eigenvalue weighted by Gasteiger charge is -2.23. The minimum atomic E-state index is -0.221. The average Bonchev–Trinajstić information content (AvgIpc) is 2.88. The lowest BCUT2D eigenvalue weighted by Crippen LogP contribution is -2.35. The first-order valence-electron chi connectivity index (χ1n) is 4.25. The first-order chi connectivity index (χ1) is 5.71.